The lowest BCUT2D eigenvalue weighted by Crippen LogP contribution is -2.31. The van der Waals surface area contributed by atoms with Crippen LogP contribution in [0.15, 0.2) is 27.1 Å². The summed E-state index contributed by atoms with van der Waals surface area (Å²) >= 11 is 6.68. The predicted octanol–water partition coefficient (Wildman–Crippen LogP) is 2.42. The van der Waals surface area contributed by atoms with Gasteiger partial charge in [-0.25, -0.2) is 0 Å². The molecular formula is C12H14Br2N2O2. The number of nitrogens with zero attached hydrogens (tertiary/aromatic N) is 1. The molecule has 0 fully saturated rings. The van der Waals surface area contributed by atoms with Gasteiger partial charge in [0.2, 0.25) is 5.91 Å². The van der Waals surface area contributed by atoms with Crippen molar-refractivity contribution in [2.45, 2.75) is 6.42 Å². The van der Waals surface area contributed by atoms with Gasteiger partial charge in [0, 0.05) is 41.6 Å². The number of carbonyl (C=O) groups excluding carboxylic acids is 2. The normalized spacial score (nSPS) is 10.0. The lowest BCUT2D eigenvalue weighted by molar-refractivity contribution is -0.120. The minimum atomic E-state index is -0.110. The zero-order valence-electron chi connectivity index (χ0n) is 10.2. The molecule has 0 aliphatic heterocycles. The summed E-state index contributed by atoms with van der Waals surface area (Å²) in [5.74, 6) is -0.189. The Kier molecular flexibility index (Phi) is 5.81. The highest BCUT2D eigenvalue weighted by Gasteiger charge is 2.13. The Morgan fingerprint density at radius 1 is 1.22 bits per heavy atom. The molecule has 0 spiro atoms. The Hall–Kier alpha value is -0.880. The van der Waals surface area contributed by atoms with Gasteiger partial charge in [-0.1, -0.05) is 31.9 Å². The molecule has 18 heavy (non-hydrogen) atoms. The lowest BCUT2D eigenvalue weighted by atomic mass is 10.2. The second kappa shape index (κ2) is 6.89. The quantitative estimate of drug-likeness (QED) is 0.875. The highest BCUT2D eigenvalue weighted by molar-refractivity contribution is 9.11. The molecular weight excluding hydrogens is 364 g/mol. The van der Waals surface area contributed by atoms with Crippen LogP contribution in [0.25, 0.3) is 0 Å². The summed E-state index contributed by atoms with van der Waals surface area (Å²) in [6.45, 7) is 0.392. The SMILES string of the molecule is CNC(=O)CCN(C)C(=O)c1cc(Br)cc(Br)c1. The zero-order chi connectivity index (χ0) is 13.7. The number of benzene rings is 1. The van der Waals surface area contributed by atoms with E-state index in [-0.39, 0.29) is 11.8 Å². The Balaban J connectivity index is 2.71. The lowest BCUT2D eigenvalue weighted by Gasteiger charge is -2.17. The van der Waals surface area contributed by atoms with Crippen molar-refractivity contribution in [1.29, 1.82) is 0 Å². The fourth-order valence-electron chi connectivity index (χ4n) is 1.39. The minimum Gasteiger partial charge on any atom is -0.359 e. The largest absolute Gasteiger partial charge is 0.359 e. The van der Waals surface area contributed by atoms with E-state index in [1.807, 2.05) is 6.07 Å². The topological polar surface area (TPSA) is 49.4 Å². The van der Waals surface area contributed by atoms with Crippen LogP contribution in [-0.2, 0) is 4.79 Å². The third kappa shape index (κ3) is 4.42. The summed E-state index contributed by atoms with van der Waals surface area (Å²) in [5.41, 5.74) is 0.579. The summed E-state index contributed by atoms with van der Waals surface area (Å²) < 4.78 is 1.67. The fourth-order valence-corrected chi connectivity index (χ4v) is 2.69. The molecule has 1 N–H and O–H groups in total. The van der Waals surface area contributed by atoms with Crippen molar-refractivity contribution in [2.75, 3.05) is 20.6 Å². The van der Waals surface area contributed by atoms with Gasteiger partial charge in [-0.15, -0.1) is 0 Å². The maximum Gasteiger partial charge on any atom is 0.253 e. The first-order chi connectivity index (χ1) is 8.43. The molecule has 0 radical (unpaired) electrons. The van der Waals surface area contributed by atoms with Gasteiger partial charge in [0.25, 0.3) is 5.91 Å². The van der Waals surface area contributed by atoms with Crippen molar-refractivity contribution >= 4 is 43.7 Å². The Morgan fingerprint density at radius 2 is 1.78 bits per heavy atom. The number of rotatable bonds is 4. The number of halogens is 2. The van der Waals surface area contributed by atoms with Crippen molar-refractivity contribution in [1.82, 2.24) is 10.2 Å². The van der Waals surface area contributed by atoms with Crippen LogP contribution in [0.5, 0.6) is 0 Å². The van der Waals surface area contributed by atoms with E-state index in [9.17, 15) is 9.59 Å². The van der Waals surface area contributed by atoms with Gasteiger partial charge in [-0.05, 0) is 18.2 Å². The third-order valence-electron chi connectivity index (χ3n) is 2.41. The van der Waals surface area contributed by atoms with Crippen LogP contribution in [0.1, 0.15) is 16.8 Å². The number of amides is 2. The molecule has 1 rings (SSSR count). The van der Waals surface area contributed by atoms with Crippen LogP contribution in [-0.4, -0.2) is 37.4 Å². The third-order valence-corrected chi connectivity index (χ3v) is 3.32. The first-order valence-electron chi connectivity index (χ1n) is 5.36. The Labute approximate surface area is 123 Å². The van der Waals surface area contributed by atoms with Gasteiger partial charge >= 0.3 is 0 Å². The van der Waals surface area contributed by atoms with Gasteiger partial charge < -0.3 is 10.2 Å². The molecule has 0 atom stereocenters. The molecule has 0 unspecified atom stereocenters. The summed E-state index contributed by atoms with van der Waals surface area (Å²) in [6.07, 6.45) is 0.300. The van der Waals surface area contributed by atoms with E-state index in [0.717, 1.165) is 8.95 Å². The molecule has 0 aliphatic carbocycles. The van der Waals surface area contributed by atoms with Gasteiger partial charge in [0.15, 0.2) is 0 Å². The zero-order valence-corrected chi connectivity index (χ0v) is 13.3. The number of hydrogen-bond acceptors (Lipinski definition) is 2. The van der Waals surface area contributed by atoms with E-state index in [0.29, 0.717) is 18.5 Å². The summed E-state index contributed by atoms with van der Waals surface area (Å²) in [4.78, 5) is 24.8. The molecule has 4 nitrogen and oxygen atoms in total. The van der Waals surface area contributed by atoms with Crippen molar-refractivity contribution < 1.29 is 9.59 Å². The molecule has 0 heterocycles. The molecule has 0 saturated carbocycles. The maximum atomic E-state index is 12.1. The van der Waals surface area contributed by atoms with Crippen LogP contribution in [0.4, 0.5) is 0 Å². The van der Waals surface area contributed by atoms with E-state index >= 15 is 0 Å². The van der Waals surface area contributed by atoms with Crippen LogP contribution < -0.4 is 5.32 Å². The fraction of sp³-hybridized carbons (Fsp3) is 0.333. The summed E-state index contributed by atoms with van der Waals surface area (Å²) in [7, 11) is 3.26. The highest BCUT2D eigenvalue weighted by atomic mass is 79.9. The van der Waals surface area contributed by atoms with E-state index < -0.39 is 0 Å². The predicted molar refractivity (Wildman–Crippen MR) is 77.5 cm³/mol. The smallest absolute Gasteiger partial charge is 0.253 e. The Bertz CT molecular complexity index is 443. The number of carbonyl (C=O) groups is 2. The van der Waals surface area contributed by atoms with Crippen molar-refractivity contribution in [2.24, 2.45) is 0 Å². The van der Waals surface area contributed by atoms with Crippen LogP contribution in [0, 0.1) is 0 Å². The van der Waals surface area contributed by atoms with Crippen molar-refractivity contribution in [3.63, 3.8) is 0 Å². The molecule has 6 heteroatoms. The molecule has 0 aliphatic rings. The molecule has 0 aromatic heterocycles. The average Bonchev–Trinajstić information content (AvgIpc) is 2.33. The molecule has 1 aromatic carbocycles. The summed E-state index contributed by atoms with van der Waals surface area (Å²) in [6, 6.07) is 5.37. The molecule has 0 saturated heterocycles. The number of hydrogen-bond donors (Lipinski definition) is 1. The van der Waals surface area contributed by atoms with Crippen LogP contribution >= 0.6 is 31.9 Å². The molecule has 0 bridgehead atoms. The van der Waals surface area contributed by atoms with Crippen LogP contribution in [0.2, 0.25) is 0 Å². The summed E-state index contributed by atoms with van der Waals surface area (Å²) in [5, 5.41) is 2.53. The molecule has 2 amide bonds. The van der Waals surface area contributed by atoms with Crippen molar-refractivity contribution in [3.05, 3.63) is 32.7 Å². The van der Waals surface area contributed by atoms with E-state index in [2.05, 4.69) is 37.2 Å². The Morgan fingerprint density at radius 3 is 2.28 bits per heavy atom. The van der Waals surface area contributed by atoms with E-state index in [4.69, 9.17) is 0 Å². The van der Waals surface area contributed by atoms with Gasteiger partial charge in [-0.2, -0.15) is 0 Å². The second-order valence-electron chi connectivity index (χ2n) is 3.81. The first-order valence-corrected chi connectivity index (χ1v) is 6.94. The first kappa shape index (κ1) is 15.2. The van der Waals surface area contributed by atoms with Gasteiger partial charge in [0.05, 0.1) is 0 Å². The van der Waals surface area contributed by atoms with Crippen LogP contribution in [0.3, 0.4) is 0 Å². The van der Waals surface area contributed by atoms with Gasteiger partial charge in [0.1, 0.15) is 0 Å². The second-order valence-corrected chi connectivity index (χ2v) is 5.64. The highest BCUT2D eigenvalue weighted by Crippen LogP contribution is 2.20. The average molecular weight is 378 g/mol. The standard InChI is InChI=1S/C12H14Br2N2O2/c1-15-11(17)3-4-16(2)12(18)8-5-9(13)7-10(14)6-8/h5-7H,3-4H2,1-2H3,(H,15,17). The maximum absolute atomic E-state index is 12.1. The minimum absolute atomic E-state index is 0.0786. The molecule has 1 aromatic rings. The van der Waals surface area contributed by atoms with E-state index in [1.165, 1.54) is 4.90 Å². The van der Waals surface area contributed by atoms with E-state index in [1.54, 1.807) is 26.2 Å². The number of nitrogens with one attached hydrogen (secondary N) is 1. The molecule has 98 valence electrons. The van der Waals surface area contributed by atoms with Gasteiger partial charge in [-0.3, -0.25) is 9.59 Å². The van der Waals surface area contributed by atoms with Crippen molar-refractivity contribution in [3.8, 4) is 0 Å². The monoisotopic (exact) mass is 376 g/mol.